The number of nitrogens with zero attached hydrogens (tertiary/aromatic N) is 3. The number of aryl methyl sites for hydroxylation is 1. The Morgan fingerprint density at radius 1 is 1.13 bits per heavy atom. The SMILES string of the molecule is Cc1nccn1-c1ccc(CNC(=O)c2ccc(Cl)c(S(=O)(=O)N3CCCC3)c2)cc1. The second kappa shape index (κ2) is 8.82. The molecule has 9 heteroatoms. The molecule has 0 spiro atoms. The Balaban J connectivity index is 1.46. The zero-order chi connectivity index (χ0) is 22.0. The van der Waals surface area contributed by atoms with Gasteiger partial charge in [-0.15, -0.1) is 0 Å². The van der Waals surface area contributed by atoms with E-state index in [2.05, 4.69) is 10.3 Å². The van der Waals surface area contributed by atoms with Gasteiger partial charge in [0.15, 0.2) is 0 Å². The van der Waals surface area contributed by atoms with Crippen molar-refractivity contribution >= 4 is 27.5 Å². The van der Waals surface area contributed by atoms with Gasteiger partial charge in [0.05, 0.1) is 5.02 Å². The zero-order valence-electron chi connectivity index (χ0n) is 17.1. The number of benzene rings is 2. The number of rotatable bonds is 6. The Hall–Kier alpha value is -2.68. The van der Waals surface area contributed by atoms with Crippen molar-refractivity contribution in [1.29, 1.82) is 0 Å². The van der Waals surface area contributed by atoms with Gasteiger partial charge in [0.1, 0.15) is 10.7 Å². The predicted molar refractivity (Wildman–Crippen MR) is 119 cm³/mol. The molecule has 1 N–H and O–H groups in total. The highest BCUT2D eigenvalue weighted by Gasteiger charge is 2.29. The smallest absolute Gasteiger partial charge is 0.251 e. The van der Waals surface area contributed by atoms with Crippen molar-refractivity contribution in [1.82, 2.24) is 19.2 Å². The normalized spacial score (nSPS) is 14.6. The fourth-order valence-corrected chi connectivity index (χ4v) is 5.64. The molecule has 0 radical (unpaired) electrons. The monoisotopic (exact) mass is 458 g/mol. The van der Waals surface area contributed by atoms with Crippen LogP contribution in [0.1, 0.15) is 34.6 Å². The molecular formula is C22H23ClN4O3S. The minimum absolute atomic E-state index is 0.0243. The molecule has 0 unspecified atom stereocenters. The summed E-state index contributed by atoms with van der Waals surface area (Å²) in [4.78, 5) is 16.8. The highest BCUT2D eigenvalue weighted by Crippen LogP contribution is 2.28. The van der Waals surface area contributed by atoms with E-state index in [0.29, 0.717) is 19.6 Å². The van der Waals surface area contributed by atoms with E-state index in [0.717, 1.165) is 29.9 Å². The van der Waals surface area contributed by atoms with Gasteiger partial charge in [0.2, 0.25) is 10.0 Å². The standard InChI is InChI=1S/C22H23ClN4O3S/c1-16-24-10-13-27(16)19-7-4-17(5-8-19)15-25-22(28)18-6-9-20(23)21(14-18)31(29,30)26-11-2-3-12-26/h4-10,13-14H,2-3,11-12,15H2,1H3,(H,25,28). The molecule has 1 saturated heterocycles. The molecule has 2 heterocycles. The Bertz CT molecular complexity index is 1200. The van der Waals surface area contributed by atoms with Crippen molar-refractivity contribution in [2.45, 2.75) is 31.2 Å². The molecule has 1 aliphatic rings. The third kappa shape index (κ3) is 4.51. The van der Waals surface area contributed by atoms with Crippen LogP contribution in [0.15, 0.2) is 59.8 Å². The number of carbonyl (C=O) groups excluding carboxylic acids is 1. The second-order valence-electron chi connectivity index (χ2n) is 7.45. The van der Waals surface area contributed by atoms with E-state index < -0.39 is 10.0 Å². The average molecular weight is 459 g/mol. The second-order valence-corrected chi connectivity index (χ2v) is 9.76. The minimum atomic E-state index is -3.71. The van der Waals surface area contributed by atoms with Crippen LogP contribution in [0, 0.1) is 6.92 Å². The molecule has 2 aromatic carbocycles. The fourth-order valence-electron chi connectivity index (χ4n) is 3.62. The highest BCUT2D eigenvalue weighted by molar-refractivity contribution is 7.89. The molecule has 0 atom stereocenters. The maximum atomic E-state index is 12.9. The highest BCUT2D eigenvalue weighted by atomic mass is 35.5. The number of amides is 1. The lowest BCUT2D eigenvalue weighted by Crippen LogP contribution is -2.29. The summed E-state index contributed by atoms with van der Waals surface area (Å²) in [5, 5.41) is 2.96. The topological polar surface area (TPSA) is 84.3 Å². The van der Waals surface area contributed by atoms with Crippen LogP contribution >= 0.6 is 11.6 Å². The molecule has 4 rings (SSSR count). The Kier molecular flexibility index (Phi) is 6.13. The first-order chi connectivity index (χ1) is 14.9. The maximum absolute atomic E-state index is 12.9. The van der Waals surface area contributed by atoms with Gasteiger partial charge in [-0.3, -0.25) is 4.79 Å². The number of hydrogen-bond acceptors (Lipinski definition) is 4. The van der Waals surface area contributed by atoms with Gasteiger partial charge in [-0.2, -0.15) is 4.31 Å². The molecule has 162 valence electrons. The molecule has 1 aromatic heterocycles. The number of imidazole rings is 1. The first kappa shape index (κ1) is 21.5. The van der Waals surface area contributed by atoms with Crippen LogP contribution in [0.5, 0.6) is 0 Å². The van der Waals surface area contributed by atoms with Crippen molar-refractivity contribution < 1.29 is 13.2 Å². The largest absolute Gasteiger partial charge is 0.348 e. The molecule has 7 nitrogen and oxygen atoms in total. The zero-order valence-corrected chi connectivity index (χ0v) is 18.7. The number of aromatic nitrogens is 2. The summed E-state index contributed by atoms with van der Waals surface area (Å²) in [6.45, 7) is 3.20. The van der Waals surface area contributed by atoms with E-state index in [1.807, 2.05) is 42.0 Å². The predicted octanol–water partition coefficient (Wildman–Crippen LogP) is 3.55. The number of halogens is 1. The summed E-state index contributed by atoms with van der Waals surface area (Å²) in [5.74, 6) is 0.535. The van der Waals surface area contributed by atoms with E-state index >= 15 is 0 Å². The molecule has 31 heavy (non-hydrogen) atoms. The van der Waals surface area contributed by atoms with Gasteiger partial charge in [-0.25, -0.2) is 13.4 Å². The van der Waals surface area contributed by atoms with E-state index in [1.54, 1.807) is 6.20 Å². The van der Waals surface area contributed by atoms with E-state index in [4.69, 9.17) is 11.6 Å². The lowest BCUT2D eigenvalue weighted by molar-refractivity contribution is 0.0950. The molecule has 1 fully saturated rings. The van der Waals surface area contributed by atoms with Crippen LogP contribution in [0.3, 0.4) is 0 Å². The van der Waals surface area contributed by atoms with Crippen LogP contribution in [-0.2, 0) is 16.6 Å². The quantitative estimate of drug-likeness (QED) is 0.612. The Morgan fingerprint density at radius 2 is 1.84 bits per heavy atom. The molecule has 0 saturated carbocycles. The third-order valence-electron chi connectivity index (χ3n) is 5.37. The molecule has 3 aromatic rings. The van der Waals surface area contributed by atoms with Gasteiger partial charge in [-0.1, -0.05) is 23.7 Å². The molecular weight excluding hydrogens is 436 g/mol. The first-order valence-corrected chi connectivity index (χ1v) is 11.9. The maximum Gasteiger partial charge on any atom is 0.251 e. The van der Waals surface area contributed by atoms with E-state index in [9.17, 15) is 13.2 Å². The summed E-state index contributed by atoms with van der Waals surface area (Å²) in [5.41, 5.74) is 2.17. The van der Waals surface area contributed by atoms with Crippen LogP contribution in [0.25, 0.3) is 5.69 Å². The summed E-state index contributed by atoms with van der Waals surface area (Å²) in [6, 6.07) is 12.1. The lowest BCUT2D eigenvalue weighted by atomic mass is 10.1. The average Bonchev–Trinajstić information content (AvgIpc) is 3.45. The van der Waals surface area contributed by atoms with Crippen LogP contribution in [0.4, 0.5) is 0 Å². The summed E-state index contributed by atoms with van der Waals surface area (Å²) >= 11 is 6.16. The van der Waals surface area contributed by atoms with Gasteiger partial charge in [-0.05, 0) is 55.7 Å². The van der Waals surface area contributed by atoms with Gasteiger partial charge in [0.25, 0.3) is 5.91 Å². The van der Waals surface area contributed by atoms with Gasteiger partial charge in [0, 0.05) is 43.3 Å². The van der Waals surface area contributed by atoms with Crippen molar-refractivity contribution in [2.24, 2.45) is 0 Å². The van der Waals surface area contributed by atoms with Crippen LogP contribution in [0.2, 0.25) is 5.02 Å². The third-order valence-corrected chi connectivity index (χ3v) is 7.75. The molecule has 0 bridgehead atoms. The van der Waals surface area contributed by atoms with E-state index in [1.165, 1.54) is 22.5 Å². The van der Waals surface area contributed by atoms with Crippen molar-refractivity contribution in [3.63, 3.8) is 0 Å². The summed E-state index contributed by atoms with van der Waals surface area (Å²) in [7, 11) is -3.71. The minimum Gasteiger partial charge on any atom is -0.348 e. The van der Waals surface area contributed by atoms with Gasteiger partial charge >= 0.3 is 0 Å². The fraction of sp³-hybridized carbons (Fsp3) is 0.273. The molecule has 1 amide bonds. The number of nitrogens with one attached hydrogen (secondary N) is 1. The van der Waals surface area contributed by atoms with Crippen molar-refractivity contribution in [3.05, 3.63) is 76.8 Å². The number of carbonyl (C=O) groups is 1. The first-order valence-electron chi connectivity index (χ1n) is 10.0. The molecule has 1 aliphatic heterocycles. The number of sulfonamides is 1. The van der Waals surface area contributed by atoms with Crippen molar-refractivity contribution in [3.8, 4) is 5.69 Å². The Labute approximate surface area is 186 Å². The number of hydrogen-bond donors (Lipinski definition) is 1. The Morgan fingerprint density at radius 3 is 2.48 bits per heavy atom. The van der Waals surface area contributed by atoms with Crippen molar-refractivity contribution in [2.75, 3.05) is 13.1 Å². The molecule has 0 aliphatic carbocycles. The summed E-state index contributed by atoms with van der Waals surface area (Å²) < 4.78 is 29.1. The van der Waals surface area contributed by atoms with Crippen LogP contribution in [-0.4, -0.2) is 41.3 Å². The van der Waals surface area contributed by atoms with Gasteiger partial charge < -0.3 is 9.88 Å². The summed E-state index contributed by atoms with van der Waals surface area (Å²) in [6.07, 6.45) is 5.29. The van der Waals surface area contributed by atoms with E-state index in [-0.39, 0.29) is 21.4 Å². The lowest BCUT2D eigenvalue weighted by Gasteiger charge is -2.17. The van der Waals surface area contributed by atoms with Crippen LogP contribution < -0.4 is 5.32 Å².